The van der Waals surface area contributed by atoms with Crippen LogP contribution in [0.2, 0.25) is 0 Å². The van der Waals surface area contributed by atoms with Crippen molar-refractivity contribution in [1.29, 1.82) is 0 Å². The minimum absolute atomic E-state index is 0.343. The number of piperidine rings is 1. The number of carbonyl (C=O) groups excluding carboxylic acids is 1. The Bertz CT molecular complexity index is 359. The van der Waals surface area contributed by atoms with Crippen LogP contribution in [0.4, 0.5) is 4.39 Å². The van der Waals surface area contributed by atoms with Gasteiger partial charge in [-0.3, -0.25) is 4.79 Å². The van der Waals surface area contributed by atoms with E-state index in [0.29, 0.717) is 11.5 Å². The van der Waals surface area contributed by atoms with Crippen LogP contribution in [0.3, 0.4) is 0 Å². The molecule has 1 heterocycles. The summed E-state index contributed by atoms with van der Waals surface area (Å²) in [7, 11) is 0. The molecule has 0 aromatic heterocycles. The molecule has 1 fully saturated rings. The lowest BCUT2D eigenvalue weighted by Crippen LogP contribution is -2.28. The van der Waals surface area contributed by atoms with Crippen molar-refractivity contribution in [2.75, 3.05) is 13.1 Å². The van der Waals surface area contributed by atoms with Crippen LogP contribution in [0.1, 0.15) is 34.7 Å². The zero-order valence-electron chi connectivity index (χ0n) is 8.50. The number of hydrogen-bond donors (Lipinski definition) is 1. The van der Waals surface area contributed by atoms with Gasteiger partial charge in [0.2, 0.25) is 0 Å². The lowest BCUT2D eigenvalue weighted by atomic mass is 9.89. The SMILES string of the molecule is O=Cc1cc(F)ccc1C1CCCNC1. The predicted molar refractivity (Wildman–Crippen MR) is 56.6 cm³/mol. The number of hydrogen-bond acceptors (Lipinski definition) is 2. The quantitative estimate of drug-likeness (QED) is 0.752. The molecule has 1 aliphatic heterocycles. The molecular formula is C12H14FNO. The molecule has 1 aromatic carbocycles. The molecule has 1 saturated heterocycles. The van der Waals surface area contributed by atoms with Crippen LogP contribution in [-0.4, -0.2) is 19.4 Å². The second-order valence-corrected chi connectivity index (χ2v) is 3.93. The van der Waals surface area contributed by atoms with Crippen molar-refractivity contribution in [3.05, 3.63) is 35.1 Å². The summed E-state index contributed by atoms with van der Waals surface area (Å²) in [5, 5.41) is 3.29. The van der Waals surface area contributed by atoms with E-state index >= 15 is 0 Å². The van der Waals surface area contributed by atoms with Gasteiger partial charge >= 0.3 is 0 Å². The predicted octanol–water partition coefficient (Wildman–Crippen LogP) is 2.11. The maximum absolute atomic E-state index is 12.9. The minimum atomic E-state index is -0.343. The van der Waals surface area contributed by atoms with Gasteiger partial charge in [-0.15, -0.1) is 0 Å². The molecule has 2 rings (SSSR count). The number of nitrogens with one attached hydrogen (secondary N) is 1. The molecule has 2 nitrogen and oxygen atoms in total. The molecule has 1 N–H and O–H groups in total. The molecule has 1 aromatic rings. The number of carbonyl (C=O) groups is 1. The Morgan fingerprint density at radius 1 is 1.47 bits per heavy atom. The maximum atomic E-state index is 12.9. The second kappa shape index (κ2) is 4.53. The highest BCUT2D eigenvalue weighted by atomic mass is 19.1. The first kappa shape index (κ1) is 10.3. The Labute approximate surface area is 88.5 Å². The normalized spacial score (nSPS) is 21.3. The Morgan fingerprint density at radius 2 is 2.33 bits per heavy atom. The first-order valence-corrected chi connectivity index (χ1v) is 5.26. The second-order valence-electron chi connectivity index (χ2n) is 3.93. The summed E-state index contributed by atoms with van der Waals surface area (Å²) in [6.07, 6.45) is 2.92. The molecule has 0 spiro atoms. The number of halogens is 1. The smallest absolute Gasteiger partial charge is 0.150 e. The Balaban J connectivity index is 2.29. The summed E-state index contributed by atoms with van der Waals surface area (Å²) < 4.78 is 12.9. The molecule has 0 bridgehead atoms. The summed E-state index contributed by atoms with van der Waals surface area (Å²) in [5.74, 6) is 0.00386. The molecule has 1 atom stereocenters. The van der Waals surface area contributed by atoms with E-state index in [0.717, 1.165) is 37.8 Å². The van der Waals surface area contributed by atoms with E-state index in [1.165, 1.54) is 12.1 Å². The first-order valence-electron chi connectivity index (χ1n) is 5.26. The summed E-state index contributed by atoms with van der Waals surface area (Å²) in [6.45, 7) is 1.92. The molecule has 15 heavy (non-hydrogen) atoms. The number of benzene rings is 1. The van der Waals surface area contributed by atoms with Crippen molar-refractivity contribution in [2.24, 2.45) is 0 Å². The molecule has 80 valence electrons. The summed E-state index contributed by atoms with van der Waals surface area (Å²) in [5.41, 5.74) is 1.46. The fourth-order valence-corrected chi connectivity index (χ4v) is 2.14. The topological polar surface area (TPSA) is 29.1 Å². The minimum Gasteiger partial charge on any atom is -0.316 e. The van der Waals surface area contributed by atoms with Gasteiger partial charge in [0, 0.05) is 12.1 Å². The van der Waals surface area contributed by atoms with E-state index in [4.69, 9.17) is 0 Å². The highest BCUT2D eigenvalue weighted by Crippen LogP contribution is 2.25. The van der Waals surface area contributed by atoms with Crippen LogP contribution < -0.4 is 5.32 Å². The average molecular weight is 207 g/mol. The highest BCUT2D eigenvalue weighted by molar-refractivity contribution is 5.77. The van der Waals surface area contributed by atoms with E-state index in [9.17, 15) is 9.18 Å². The number of rotatable bonds is 2. The third kappa shape index (κ3) is 2.23. The van der Waals surface area contributed by atoms with Gasteiger partial charge in [0.05, 0.1) is 0 Å². The van der Waals surface area contributed by atoms with Crippen LogP contribution in [0.25, 0.3) is 0 Å². The fourth-order valence-electron chi connectivity index (χ4n) is 2.14. The van der Waals surface area contributed by atoms with Gasteiger partial charge in [-0.05, 0) is 43.0 Å². The molecular weight excluding hydrogens is 193 g/mol. The molecule has 0 saturated carbocycles. The van der Waals surface area contributed by atoms with Crippen LogP contribution in [-0.2, 0) is 0 Å². The van der Waals surface area contributed by atoms with Gasteiger partial charge in [0.25, 0.3) is 0 Å². The van der Waals surface area contributed by atoms with E-state index in [2.05, 4.69) is 5.32 Å². The van der Waals surface area contributed by atoms with Crippen molar-refractivity contribution in [1.82, 2.24) is 5.32 Å². The molecule has 0 amide bonds. The number of aldehydes is 1. The third-order valence-corrected chi connectivity index (χ3v) is 2.91. The van der Waals surface area contributed by atoms with E-state index in [-0.39, 0.29) is 5.82 Å². The van der Waals surface area contributed by atoms with Crippen LogP contribution >= 0.6 is 0 Å². The van der Waals surface area contributed by atoms with Crippen molar-refractivity contribution in [3.8, 4) is 0 Å². The van der Waals surface area contributed by atoms with E-state index in [1.54, 1.807) is 6.07 Å². The molecule has 0 aliphatic carbocycles. The summed E-state index contributed by atoms with van der Waals surface area (Å²) in [4.78, 5) is 10.8. The molecule has 1 aliphatic rings. The zero-order chi connectivity index (χ0) is 10.7. The Kier molecular flexibility index (Phi) is 3.11. The van der Waals surface area contributed by atoms with Crippen LogP contribution in [0.15, 0.2) is 18.2 Å². The van der Waals surface area contributed by atoms with Gasteiger partial charge in [-0.1, -0.05) is 6.07 Å². The van der Waals surface area contributed by atoms with Crippen molar-refractivity contribution < 1.29 is 9.18 Å². The Hall–Kier alpha value is -1.22. The highest BCUT2D eigenvalue weighted by Gasteiger charge is 2.18. The standard InChI is InChI=1S/C12H14FNO/c13-11-3-4-12(10(6-11)8-15)9-2-1-5-14-7-9/h3-4,6,8-9,14H,1-2,5,7H2. The van der Waals surface area contributed by atoms with Crippen molar-refractivity contribution >= 4 is 6.29 Å². The van der Waals surface area contributed by atoms with E-state index in [1.807, 2.05) is 0 Å². The molecule has 1 unspecified atom stereocenters. The lowest BCUT2D eigenvalue weighted by Gasteiger charge is -2.24. The van der Waals surface area contributed by atoms with Gasteiger partial charge < -0.3 is 5.32 Å². The van der Waals surface area contributed by atoms with Crippen LogP contribution in [0.5, 0.6) is 0 Å². The lowest BCUT2D eigenvalue weighted by molar-refractivity contribution is 0.112. The molecule has 3 heteroatoms. The van der Waals surface area contributed by atoms with Gasteiger partial charge in [-0.25, -0.2) is 4.39 Å². The van der Waals surface area contributed by atoms with Gasteiger partial charge in [0.15, 0.2) is 0 Å². The van der Waals surface area contributed by atoms with Gasteiger partial charge in [-0.2, -0.15) is 0 Å². The largest absolute Gasteiger partial charge is 0.316 e. The Morgan fingerprint density at radius 3 is 3.00 bits per heavy atom. The summed E-state index contributed by atoms with van der Waals surface area (Å²) >= 11 is 0. The van der Waals surface area contributed by atoms with Crippen molar-refractivity contribution in [2.45, 2.75) is 18.8 Å². The third-order valence-electron chi connectivity index (χ3n) is 2.91. The maximum Gasteiger partial charge on any atom is 0.150 e. The molecule has 0 radical (unpaired) electrons. The van der Waals surface area contributed by atoms with Crippen LogP contribution in [0, 0.1) is 5.82 Å². The first-order chi connectivity index (χ1) is 7.31. The summed E-state index contributed by atoms with van der Waals surface area (Å²) in [6, 6.07) is 4.48. The van der Waals surface area contributed by atoms with Crippen molar-refractivity contribution in [3.63, 3.8) is 0 Å². The monoisotopic (exact) mass is 207 g/mol. The fraction of sp³-hybridized carbons (Fsp3) is 0.417. The zero-order valence-corrected chi connectivity index (χ0v) is 8.50. The van der Waals surface area contributed by atoms with E-state index < -0.39 is 0 Å². The van der Waals surface area contributed by atoms with Gasteiger partial charge in [0.1, 0.15) is 12.1 Å². The average Bonchev–Trinajstić information content (AvgIpc) is 2.30.